The molecule has 0 spiro atoms. The van der Waals surface area contributed by atoms with Crippen molar-refractivity contribution < 1.29 is 14.3 Å². The summed E-state index contributed by atoms with van der Waals surface area (Å²) in [5, 5.41) is 2.90. The maximum atomic E-state index is 12.3. The van der Waals surface area contributed by atoms with Crippen LogP contribution >= 0.6 is 0 Å². The van der Waals surface area contributed by atoms with E-state index in [1.807, 2.05) is 66.3 Å². The van der Waals surface area contributed by atoms with Gasteiger partial charge in [-0.15, -0.1) is 0 Å². The summed E-state index contributed by atoms with van der Waals surface area (Å²) in [6.45, 7) is 2.49. The first-order chi connectivity index (χ1) is 14.2. The van der Waals surface area contributed by atoms with Crippen LogP contribution in [-0.4, -0.2) is 35.2 Å². The van der Waals surface area contributed by atoms with Crippen LogP contribution in [0.3, 0.4) is 0 Å². The molecule has 1 aliphatic heterocycles. The Labute approximate surface area is 169 Å². The predicted molar refractivity (Wildman–Crippen MR) is 111 cm³/mol. The smallest absolute Gasteiger partial charge is 0.250 e. The molecule has 0 aliphatic carbocycles. The van der Waals surface area contributed by atoms with Crippen molar-refractivity contribution in [3.8, 4) is 5.75 Å². The maximum Gasteiger partial charge on any atom is 0.250 e. The summed E-state index contributed by atoms with van der Waals surface area (Å²) < 4.78 is 13.2. The van der Waals surface area contributed by atoms with Crippen LogP contribution < -0.4 is 15.0 Å². The molecule has 0 atom stereocenters. The van der Waals surface area contributed by atoms with Crippen molar-refractivity contribution in [3.05, 3.63) is 72.3 Å². The van der Waals surface area contributed by atoms with Crippen molar-refractivity contribution in [2.75, 3.05) is 30.0 Å². The van der Waals surface area contributed by atoms with E-state index in [1.54, 1.807) is 6.33 Å². The van der Waals surface area contributed by atoms with Gasteiger partial charge in [0.2, 0.25) is 5.91 Å². The normalized spacial score (nSPS) is 12.9. The highest BCUT2D eigenvalue weighted by Gasteiger charge is 2.20. The lowest BCUT2D eigenvalue weighted by molar-refractivity contribution is -0.121. The Morgan fingerprint density at radius 1 is 1.24 bits per heavy atom. The number of imidazole rings is 1. The second-order valence-electron chi connectivity index (χ2n) is 7.01. The van der Waals surface area contributed by atoms with Crippen LogP contribution in [-0.2, 0) is 29.7 Å². The third-order valence-corrected chi connectivity index (χ3v) is 4.66. The highest BCUT2D eigenvalue weighted by Crippen LogP contribution is 2.34. The number of ether oxygens (including phenoxy) is 2. The first kappa shape index (κ1) is 19.0. The minimum absolute atomic E-state index is 0.000128. The van der Waals surface area contributed by atoms with Crippen LogP contribution in [0.5, 0.6) is 5.75 Å². The number of nitrogens with zero attached hydrogens (tertiary/aromatic N) is 3. The Hall–Kier alpha value is -3.32. The van der Waals surface area contributed by atoms with E-state index in [1.165, 1.54) is 0 Å². The number of fused-ring (bicyclic) bond motifs is 1. The molecule has 150 valence electrons. The van der Waals surface area contributed by atoms with Crippen LogP contribution in [0, 0.1) is 0 Å². The number of carbonyl (C=O) groups is 1. The number of aromatic nitrogens is 2. The van der Waals surface area contributed by atoms with Gasteiger partial charge in [-0.25, -0.2) is 4.98 Å². The average Bonchev–Trinajstić information content (AvgIpc) is 3.14. The number of anilines is 2. The number of carbonyl (C=O) groups excluding carboxylic acids is 1. The highest BCUT2D eigenvalue weighted by molar-refractivity contribution is 5.92. The molecular weight excluding hydrogens is 368 g/mol. The molecule has 7 heteroatoms. The SMILES string of the molecule is Cn1cnc(CN2CCOc3ccc(NC(=O)COCc4ccccc4)cc32)c1. The van der Waals surface area contributed by atoms with Crippen LogP contribution in [0.1, 0.15) is 11.3 Å². The minimum atomic E-state index is -0.186. The molecule has 1 N–H and O–H groups in total. The van der Waals surface area contributed by atoms with Gasteiger partial charge in [-0.2, -0.15) is 0 Å². The second-order valence-corrected chi connectivity index (χ2v) is 7.01. The minimum Gasteiger partial charge on any atom is -0.490 e. The van der Waals surface area contributed by atoms with Crippen LogP contribution in [0.2, 0.25) is 0 Å². The zero-order valence-electron chi connectivity index (χ0n) is 16.4. The maximum absolute atomic E-state index is 12.3. The van der Waals surface area contributed by atoms with Crippen LogP contribution in [0.15, 0.2) is 61.1 Å². The summed E-state index contributed by atoms with van der Waals surface area (Å²) in [4.78, 5) is 18.9. The number of rotatable bonds is 7. The van der Waals surface area contributed by atoms with Gasteiger partial charge in [-0.05, 0) is 23.8 Å². The molecular formula is C22H24N4O3. The number of amides is 1. The van der Waals surface area contributed by atoms with Gasteiger partial charge in [-0.1, -0.05) is 30.3 Å². The van der Waals surface area contributed by atoms with Gasteiger partial charge >= 0.3 is 0 Å². The Balaban J connectivity index is 1.37. The average molecular weight is 392 g/mol. The van der Waals surface area contributed by atoms with Crippen molar-refractivity contribution in [1.29, 1.82) is 0 Å². The summed E-state index contributed by atoms with van der Waals surface area (Å²) in [5.74, 6) is 0.624. The second kappa shape index (κ2) is 8.79. The zero-order valence-corrected chi connectivity index (χ0v) is 16.4. The van der Waals surface area contributed by atoms with Gasteiger partial charge in [0, 0.05) is 18.9 Å². The van der Waals surface area contributed by atoms with Crippen molar-refractivity contribution in [2.45, 2.75) is 13.2 Å². The summed E-state index contributed by atoms with van der Waals surface area (Å²) >= 11 is 0. The quantitative estimate of drug-likeness (QED) is 0.670. The fraction of sp³-hybridized carbons (Fsp3) is 0.273. The Morgan fingerprint density at radius 3 is 2.90 bits per heavy atom. The fourth-order valence-corrected chi connectivity index (χ4v) is 3.29. The van der Waals surface area contributed by atoms with Gasteiger partial charge in [0.25, 0.3) is 0 Å². The Morgan fingerprint density at radius 2 is 2.10 bits per heavy atom. The zero-order chi connectivity index (χ0) is 20.1. The lowest BCUT2D eigenvalue weighted by Gasteiger charge is -2.31. The number of hydrogen-bond donors (Lipinski definition) is 1. The summed E-state index contributed by atoms with van der Waals surface area (Å²) in [6, 6.07) is 15.5. The Kier molecular flexibility index (Phi) is 5.76. The van der Waals surface area contributed by atoms with Crippen molar-refractivity contribution in [3.63, 3.8) is 0 Å². The van der Waals surface area contributed by atoms with Crippen molar-refractivity contribution in [2.24, 2.45) is 7.05 Å². The molecule has 29 heavy (non-hydrogen) atoms. The van der Waals surface area contributed by atoms with E-state index in [0.29, 0.717) is 25.4 Å². The molecule has 1 aliphatic rings. The molecule has 1 aromatic heterocycles. The van der Waals surface area contributed by atoms with E-state index < -0.39 is 0 Å². The van der Waals surface area contributed by atoms with Gasteiger partial charge in [0.1, 0.15) is 19.0 Å². The molecule has 3 aromatic rings. The monoisotopic (exact) mass is 392 g/mol. The van der Waals surface area contributed by atoms with Crippen LogP contribution in [0.25, 0.3) is 0 Å². The van der Waals surface area contributed by atoms with E-state index in [2.05, 4.69) is 15.2 Å². The molecule has 4 rings (SSSR count). The molecule has 0 saturated heterocycles. The number of benzene rings is 2. The van der Waals surface area contributed by atoms with Gasteiger partial charge < -0.3 is 24.3 Å². The van der Waals surface area contributed by atoms with Gasteiger partial charge in [0.05, 0.1) is 37.4 Å². The van der Waals surface area contributed by atoms with Gasteiger partial charge in [-0.3, -0.25) is 4.79 Å². The van der Waals surface area contributed by atoms with E-state index in [0.717, 1.165) is 29.2 Å². The van der Waals surface area contributed by atoms with Crippen molar-refractivity contribution >= 4 is 17.3 Å². The largest absolute Gasteiger partial charge is 0.490 e. The molecule has 0 unspecified atom stereocenters. The Bertz CT molecular complexity index is 971. The number of aryl methyl sites for hydroxylation is 1. The fourth-order valence-electron chi connectivity index (χ4n) is 3.29. The molecule has 2 aromatic carbocycles. The highest BCUT2D eigenvalue weighted by atomic mass is 16.5. The standard InChI is InChI=1S/C22H24N4O3/c1-25-12-19(23-16-25)13-26-9-10-29-21-8-7-18(11-20(21)26)24-22(27)15-28-14-17-5-3-2-4-6-17/h2-8,11-12,16H,9-10,13-15H2,1H3,(H,24,27). The van der Waals surface area contributed by atoms with Crippen LogP contribution in [0.4, 0.5) is 11.4 Å². The van der Waals surface area contributed by atoms with Crippen molar-refractivity contribution in [1.82, 2.24) is 9.55 Å². The molecule has 2 heterocycles. The topological polar surface area (TPSA) is 68.6 Å². The first-order valence-electron chi connectivity index (χ1n) is 9.57. The van der Waals surface area contributed by atoms with Gasteiger partial charge in [0.15, 0.2) is 0 Å². The molecule has 7 nitrogen and oxygen atoms in total. The van der Waals surface area contributed by atoms with E-state index >= 15 is 0 Å². The first-order valence-corrected chi connectivity index (χ1v) is 9.57. The lowest BCUT2D eigenvalue weighted by Crippen LogP contribution is -2.32. The molecule has 0 bridgehead atoms. The molecule has 1 amide bonds. The summed E-state index contributed by atoms with van der Waals surface area (Å²) in [5.41, 5.74) is 3.69. The molecule has 0 saturated carbocycles. The van der Waals surface area contributed by atoms with E-state index in [9.17, 15) is 4.79 Å². The van der Waals surface area contributed by atoms with E-state index in [4.69, 9.17) is 9.47 Å². The third-order valence-electron chi connectivity index (χ3n) is 4.66. The number of nitrogens with one attached hydrogen (secondary N) is 1. The molecule has 0 radical (unpaired) electrons. The summed E-state index contributed by atoms with van der Waals surface area (Å²) in [6.07, 6.45) is 3.80. The lowest BCUT2D eigenvalue weighted by atomic mass is 10.2. The number of hydrogen-bond acceptors (Lipinski definition) is 5. The predicted octanol–water partition coefficient (Wildman–Crippen LogP) is 2.97. The third kappa shape index (κ3) is 4.94. The van der Waals surface area contributed by atoms with E-state index in [-0.39, 0.29) is 12.5 Å². The molecule has 0 fully saturated rings. The summed E-state index contributed by atoms with van der Waals surface area (Å²) in [7, 11) is 1.96.